The van der Waals surface area contributed by atoms with Crippen LogP contribution in [0.1, 0.15) is 107 Å². The van der Waals surface area contributed by atoms with Gasteiger partial charge in [-0.2, -0.15) is 0 Å². The van der Waals surface area contributed by atoms with Crippen LogP contribution in [0.2, 0.25) is 0 Å². The highest BCUT2D eigenvalue weighted by atomic mass is 16.6. The quantitative estimate of drug-likeness (QED) is 0.479. The van der Waals surface area contributed by atoms with Crippen molar-refractivity contribution in [2.75, 3.05) is 0 Å². The molecule has 1 rings (SSSR count). The minimum atomic E-state index is -0.193. The fourth-order valence-electron chi connectivity index (χ4n) is 4.49. The van der Waals surface area contributed by atoms with Gasteiger partial charge in [0.05, 0.1) is 5.92 Å². The third-order valence-corrected chi connectivity index (χ3v) is 5.77. The Labute approximate surface area is 151 Å². The van der Waals surface area contributed by atoms with Crippen LogP contribution in [0, 0.1) is 22.7 Å². The highest BCUT2D eigenvalue weighted by Gasteiger charge is 2.41. The predicted molar refractivity (Wildman–Crippen MR) is 103 cm³/mol. The average Bonchev–Trinajstić information content (AvgIpc) is 2.43. The van der Waals surface area contributed by atoms with Crippen molar-refractivity contribution in [3.8, 4) is 0 Å². The van der Waals surface area contributed by atoms with E-state index in [0.717, 1.165) is 32.1 Å². The van der Waals surface area contributed by atoms with Crippen molar-refractivity contribution in [3.05, 3.63) is 0 Å². The number of rotatable bonds is 7. The first kappa shape index (κ1) is 21.5. The van der Waals surface area contributed by atoms with E-state index in [1.165, 1.54) is 19.3 Å². The maximum Gasteiger partial charge on any atom is 0.310 e. The first-order valence-electron chi connectivity index (χ1n) is 10.1. The first-order chi connectivity index (χ1) is 10.9. The normalized spacial score (nSPS) is 20.0. The standard InChI is InChI=1S/C22H42O2/c1-9-22(13-11-10-12-14-22)24-19(23)18(20(4,5)6)16-21(7,8)15-17(2)3/h17-18H,9-16H2,1-8H3/t18-/m1/s1. The molecule has 2 heteroatoms. The number of hydrogen-bond donors (Lipinski definition) is 0. The Kier molecular flexibility index (Phi) is 7.38. The molecule has 1 atom stereocenters. The fraction of sp³-hybridized carbons (Fsp3) is 0.955. The molecule has 1 saturated carbocycles. The molecule has 0 spiro atoms. The second-order valence-electron chi connectivity index (χ2n) is 10.4. The van der Waals surface area contributed by atoms with Crippen molar-refractivity contribution in [2.45, 2.75) is 112 Å². The summed E-state index contributed by atoms with van der Waals surface area (Å²) in [5, 5.41) is 0. The third-order valence-electron chi connectivity index (χ3n) is 5.77. The summed E-state index contributed by atoms with van der Waals surface area (Å²) in [7, 11) is 0. The fourth-order valence-corrected chi connectivity index (χ4v) is 4.49. The number of hydrogen-bond acceptors (Lipinski definition) is 2. The number of carbonyl (C=O) groups is 1. The molecular formula is C22H42O2. The van der Waals surface area contributed by atoms with Gasteiger partial charge in [-0.1, -0.05) is 61.8 Å². The summed E-state index contributed by atoms with van der Waals surface area (Å²) < 4.78 is 6.23. The number of carbonyl (C=O) groups excluding carboxylic acids is 1. The van der Waals surface area contributed by atoms with Crippen molar-refractivity contribution in [1.82, 2.24) is 0 Å². The zero-order chi connectivity index (χ0) is 18.6. The molecule has 0 N–H and O–H groups in total. The SMILES string of the molecule is CCC1(OC(=O)[C@@H](CC(C)(C)CC(C)C)C(C)(C)C)CCCCC1. The van der Waals surface area contributed by atoms with Gasteiger partial charge in [0.25, 0.3) is 0 Å². The van der Waals surface area contributed by atoms with E-state index < -0.39 is 0 Å². The van der Waals surface area contributed by atoms with E-state index in [4.69, 9.17) is 4.74 Å². The Morgan fingerprint density at radius 3 is 1.96 bits per heavy atom. The molecule has 1 fully saturated rings. The van der Waals surface area contributed by atoms with Gasteiger partial charge >= 0.3 is 5.97 Å². The maximum atomic E-state index is 13.2. The van der Waals surface area contributed by atoms with Crippen LogP contribution >= 0.6 is 0 Å². The Bertz CT molecular complexity index is 395. The molecule has 1 aliphatic rings. The average molecular weight is 339 g/mol. The second kappa shape index (κ2) is 8.23. The lowest BCUT2D eigenvalue weighted by Crippen LogP contribution is -2.42. The third kappa shape index (κ3) is 6.41. The zero-order valence-electron chi connectivity index (χ0n) is 17.6. The summed E-state index contributed by atoms with van der Waals surface area (Å²) in [6.45, 7) is 17.9. The van der Waals surface area contributed by atoms with E-state index in [0.29, 0.717) is 5.92 Å². The molecule has 0 amide bonds. The van der Waals surface area contributed by atoms with Gasteiger partial charge in [0, 0.05) is 0 Å². The summed E-state index contributed by atoms with van der Waals surface area (Å²) in [6.07, 6.45) is 8.76. The summed E-state index contributed by atoms with van der Waals surface area (Å²) in [5.74, 6) is 0.664. The van der Waals surface area contributed by atoms with E-state index in [1.54, 1.807) is 0 Å². The van der Waals surface area contributed by atoms with Crippen LogP contribution in [-0.2, 0) is 9.53 Å². The van der Waals surface area contributed by atoms with Crippen molar-refractivity contribution in [2.24, 2.45) is 22.7 Å². The lowest BCUT2D eigenvalue weighted by molar-refractivity contribution is -0.174. The second-order valence-corrected chi connectivity index (χ2v) is 10.4. The van der Waals surface area contributed by atoms with E-state index in [1.807, 2.05) is 0 Å². The molecule has 0 radical (unpaired) electrons. The van der Waals surface area contributed by atoms with Crippen LogP contribution in [0.15, 0.2) is 0 Å². The summed E-state index contributed by atoms with van der Waals surface area (Å²) in [5.41, 5.74) is -0.0902. The molecule has 24 heavy (non-hydrogen) atoms. The van der Waals surface area contributed by atoms with Crippen molar-refractivity contribution < 1.29 is 9.53 Å². The molecule has 0 aromatic rings. The van der Waals surface area contributed by atoms with Gasteiger partial charge in [0.2, 0.25) is 0 Å². The van der Waals surface area contributed by atoms with Crippen LogP contribution in [-0.4, -0.2) is 11.6 Å². The summed E-state index contributed by atoms with van der Waals surface area (Å²) in [4.78, 5) is 13.2. The molecule has 0 unspecified atom stereocenters. The first-order valence-corrected chi connectivity index (χ1v) is 10.1. The zero-order valence-corrected chi connectivity index (χ0v) is 17.6. The summed E-state index contributed by atoms with van der Waals surface area (Å²) in [6, 6.07) is 0. The van der Waals surface area contributed by atoms with Crippen molar-refractivity contribution in [1.29, 1.82) is 0 Å². The van der Waals surface area contributed by atoms with Gasteiger partial charge in [0.15, 0.2) is 0 Å². The molecule has 0 saturated heterocycles. The van der Waals surface area contributed by atoms with Crippen molar-refractivity contribution in [3.63, 3.8) is 0 Å². The molecule has 0 aromatic heterocycles. The molecular weight excluding hydrogens is 296 g/mol. The molecule has 1 aliphatic carbocycles. The lowest BCUT2D eigenvalue weighted by atomic mass is 9.69. The van der Waals surface area contributed by atoms with Crippen LogP contribution in [0.25, 0.3) is 0 Å². The van der Waals surface area contributed by atoms with Crippen LogP contribution < -0.4 is 0 Å². The molecule has 0 heterocycles. The Balaban J connectivity index is 2.89. The smallest absolute Gasteiger partial charge is 0.310 e. The van der Waals surface area contributed by atoms with Crippen LogP contribution in [0.5, 0.6) is 0 Å². The predicted octanol–water partition coefficient (Wildman–Crippen LogP) is 6.77. The van der Waals surface area contributed by atoms with Crippen LogP contribution in [0.3, 0.4) is 0 Å². The van der Waals surface area contributed by atoms with Gasteiger partial charge in [-0.25, -0.2) is 0 Å². The van der Waals surface area contributed by atoms with E-state index in [2.05, 4.69) is 55.4 Å². The van der Waals surface area contributed by atoms with E-state index in [-0.39, 0.29) is 28.3 Å². The number of ether oxygens (including phenoxy) is 1. The van der Waals surface area contributed by atoms with Crippen molar-refractivity contribution >= 4 is 5.97 Å². The monoisotopic (exact) mass is 338 g/mol. The highest BCUT2D eigenvalue weighted by Crippen LogP contribution is 2.42. The molecule has 0 bridgehead atoms. The lowest BCUT2D eigenvalue weighted by Gasteiger charge is -2.41. The number of esters is 1. The van der Waals surface area contributed by atoms with E-state index in [9.17, 15) is 4.79 Å². The van der Waals surface area contributed by atoms with Crippen LogP contribution in [0.4, 0.5) is 0 Å². The Hall–Kier alpha value is -0.530. The van der Waals surface area contributed by atoms with Gasteiger partial charge in [-0.05, 0) is 61.7 Å². The van der Waals surface area contributed by atoms with Gasteiger partial charge < -0.3 is 4.74 Å². The molecule has 0 aliphatic heterocycles. The topological polar surface area (TPSA) is 26.3 Å². The largest absolute Gasteiger partial charge is 0.459 e. The van der Waals surface area contributed by atoms with Gasteiger partial charge in [-0.15, -0.1) is 0 Å². The van der Waals surface area contributed by atoms with Gasteiger partial charge in [-0.3, -0.25) is 4.79 Å². The molecule has 142 valence electrons. The van der Waals surface area contributed by atoms with Gasteiger partial charge in [0.1, 0.15) is 5.60 Å². The van der Waals surface area contributed by atoms with E-state index >= 15 is 0 Å². The highest BCUT2D eigenvalue weighted by molar-refractivity contribution is 5.74. The molecule has 0 aromatic carbocycles. The Morgan fingerprint density at radius 1 is 1.00 bits per heavy atom. The minimum absolute atomic E-state index is 0.0309. The maximum absolute atomic E-state index is 13.2. The summed E-state index contributed by atoms with van der Waals surface area (Å²) >= 11 is 0. The Morgan fingerprint density at radius 2 is 1.54 bits per heavy atom. The minimum Gasteiger partial charge on any atom is -0.459 e. The molecule has 2 nitrogen and oxygen atoms in total.